The normalized spacial score (nSPS) is 29.8. The van der Waals surface area contributed by atoms with Gasteiger partial charge in [-0.15, -0.1) is 0 Å². The Morgan fingerprint density at radius 1 is 1.50 bits per heavy atom. The van der Waals surface area contributed by atoms with E-state index in [-0.39, 0.29) is 17.3 Å². The van der Waals surface area contributed by atoms with Crippen LogP contribution in [0.2, 0.25) is 5.02 Å². The fraction of sp³-hybridized carbons (Fsp3) is 0.533. The average Bonchev–Trinajstić information content (AvgIpc) is 2.89. The van der Waals surface area contributed by atoms with E-state index in [1.165, 1.54) is 0 Å². The highest BCUT2D eigenvalue weighted by atomic mass is 79.9. The highest BCUT2D eigenvalue weighted by Gasteiger charge is 2.42. The van der Waals surface area contributed by atoms with Gasteiger partial charge in [-0.2, -0.15) is 11.8 Å². The second kappa shape index (κ2) is 5.99. The summed E-state index contributed by atoms with van der Waals surface area (Å²) in [5, 5.41) is 0.527. The summed E-state index contributed by atoms with van der Waals surface area (Å²) < 4.78 is 6.76. The standard InChI is InChI=1S/C15H16BrClO2S/c16-12-3-1-2-11(13(12)17)14(18)10-4-6-19-15(8-10)5-7-20-9-15/h1-3,10H,4-9H2. The summed E-state index contributed by atoms with van der Waals surface area (Å²) in [5.41, 5.74) is 0.565. The van der Waals surface area contributed by atoms with Gasteiger partial charge >= 0.3 is 0 Å². The number of carbonyl (C=O) groups is 1. The molecule has 2 atom stereocenters. The number of hydrogen-bond donors (Lipinski definition) is 0. The molecule has 2 saturated heterocycles. The van der Waals surface area contributed by atoms with Crippen LogP contribution in [-0.4, -0.2) is 29.5 Å². The van der Waals surface area contributed by atoms with Gasteiger partial charge < -0.3 is 4.74 Å². The molecular weight excluding hydrogens is 360 g/mol. The molecular formula is C15H16BrClO2S. The Balaban J connectivity index is 1.81. The molecule has 20 heavy (non-hydrogen) atoms. The van der Waals surface area contributed by atoms with Gasteiger partial charge in [0.05, 0.1) is 10.6 Å². The molecule has 1 aromatic rings. The van der Waals surface area contributed by atoms with Crippen LogP contribution in [-0.2, 0) is 4.74 Å². The number of Topliss-reactive ketones (excluding diaryl/α,β-unsaturated/α-hetero) is 1. The summed E-state index contributed by atoms with van der Waals surface area (Å²) in [7, 11) is 0. The lowest BCUT2D eigenvalue weighted by atomic mass is 9.81. The summed E-state index contributed by atoms with van der Waals surface area (Å²) in [5.74, 6) is 2.35. The number of thioether (sulfide) groups is 1. The van der Waals surface area contributed by atoms with Gasteiger partial charge in [0.2, 0.25) is 0 Å². The molecule has 2 nitrogen and oxygen atoms in total. The molecule has 2 unspecified atom stereocenters. The largest absolute Gasteiger partial charge is 0.374 e. The van der Waals surface area contributed by atoms with Crippen LogP contribution in [0.1, 0.15) is 29.6 Å². The smallest absolute Gasteiger partial charge is 0.167 e. The van der Waals surface area contributed by atoms with Crippen LogP contribution in [0.5, 0.6) is 0 Å². The van der Waals surface area contributed by atoms with Crippen molar-refractivity contribution in [3.8, 4) is 0 Å². The van der Waals surface area contributed by atoms with E-state index in [2.05, 4.69) is 15.9 Å². The van der Waals surface area contributed by atoms with Crippen LogP contribution in [0.4, 0.5) is 0 Å². The molecule has 0 aromatic heterocycles. The number of rotatable bonds is 2. The van der Waals surface area contributed by atoms with Crippen LogP contribution in [0.25, 0.3) is 0 Å². The van der Waals surface area contributed by atoms with Crippen molar-refractivity contribution in [2.45, 2.75) is 24.9 Å². The first-order valence-corrected chi connectivity index (χ1v) is 9.14. The Hall–Kier alpha value is -0.0300. The Bertz CT molecular complexity index is 529. The van der Waals surface area contributed by atoms with Crippen LogP contribution in [0, 0.1) is 5.92 Å². The molecule has 0 bridgehead atoms. The highest BCUT2D eigenvalue weighted by Crippen LogP contribution is 2.42. The van der Waals surface area contributed by atoms with Crippen molar-refractivity contribution in [2.24, 2.45) is 5.92 Å². The molecule has 0 aliphatic carbocycles. The Morgan fingerprint density at radius 2 is 2.35 bits per heavy atom. The molecule has 5 heteroatoms. The van der Waals surface area contributed by atoms with Gasteiger partial charge in [0.25, 0.3) is 0 Å². The molecule has 108 valence electrons. The van der Waals surface area contributed by atoms with E-state index in [1.54, 1.807) is 0 Å². The second-order valence-corrected chi connectivity index (χ2v) is 7.83. The van der Waals surface area contributed by atoms with E-state index in [4.69, 9.17) is 16.3 Å². The summed E-state index contributed by atoms with van der Waals surface area (Å²) in [4.78, 5) is 12.7. The molecule has 0 saturated carbocycles. The van der Waals surface area contributed by atoms with E-state index >= 15 is 0 Å². The zero-order valence-electron chi connectivity index (χ0n) is 11.0. The van der Waals surface area contributed by atoms with Gasteiger partial charge in [0.15, 0.2) is 5.78 Å². The molecule has 1 spiro atoms. The minimum atomic E-state index is -0.0677. The number of benzene rings is 1. The second-order valence-electron chi connectivity index (χ2n) is 5.49. The maximum atomic E-state index is 12.7. The van der Waals surface area contributed by atoms with Crippen molar-refractivity contribution >= 4 is 45.1 Å². The van der Waals surface area contributed by atoms with Gasteiger partial charge in [-0.05, 0) is 53.1 Å². The number of hydrogen-bond acceptors (Lipinski definition) is 3. The van der Waals surface area contributed by atoms with Crippen LogP contribution in [0.15, 0.2) is 22.7 Å². The number of carbonyl (C=O) groups excluding carboxylic acids is 1. The Labute approximate surface area is 136 Å². The van der Waals surface area contributed by atoms with Crippen LogP contribution < -0.4 is 0 Å². The summed E-state index contributed by atoms with van der Waals surface area (Å²) in [6, 6.07) is 5.54. The van der Waals surface area contributed by atoms with Crippen LogP contribution in [0.3, 0.4) is 0 Å². The highest BCUT2D eigenvalue weighted by molar-refractivity contribution is 9.10. The number of halogens is 2. The molecule has 2 aliphatic heterocycles. The fourth-order valence-corrected chi connectivity index (χ4v) is 4.99. The lowest BCUT2D eigenvalue weighted by Gasteiger charge is -2.37. The van der Waals surface area contributed by atoms with E-state index in [0.717, 1.165) is 35.2 Å². The Kier molecular flexibility index (Phi) is 4.46. The number of ether oxygens (including phenoxy) is 1. The molecule has 2 aliphatic rings. The van der Waals surface area contributed by atoms with Gasteiger partial charge in [-0.25, -0.2) is 0 Å². The number of ketones is 1. The Morgan fingerprint density at radius 3 is 3.10 bits per heavy atom. The third-order valence-electron chi connectivity index (χ3n) is 4.15. The average molecular weight is 376 g/mol. The van der Waals surface area contributed by atoms with Crippen molar-refractivity contribution in [1.82, 2.24) is 0 Å². The van der Waals surface area contributed by atoms with E-state index in [9.17, 15) is 4.79 Å². The lowest BCUT2D eigenvalue weighted by molar-refractivity contribution is -0.0734. The first kappa shape index (κ1) is 14.9. The van der Waals surface area contributed by atoms with Crippen molar-refractivity contribution in [3.05, 3.63) is 33.3 Å². The zero-order valence-corrected chi connectivity index (χ0v) is 14.2. The van der Waals surface area contributed by atoms with Crippen molar-refractivity contribution in [2.75, 3.05) is 18.1 Å². The van der Waals surface area contributed by atoms with E-state index in [1.807, 2.05) is 30.0 Å². The van der Waals surface area contributed by atoms with E-state index < -0.39 is 0 Å². The predicted octanol–water partition coefficient (Wildman–Crippen LogP) is 4.59. The topological polar surface area (TPSA) is 26.3 Å². The lowest BCUT2D eigenvalue weighted by Crippen LogP contribution is -2.42. The first-order chi connectivity index (χ1) is 9.61. The molecule has 3 rings (SSSR count). The molecule has 0 N–H and O–H groups in total. The van der Waals surface area contributed by atoms with Gasteiger partial charge in [-0.1, -0.05) is 17.7 Å². The minimum absolute atomic E-state index is 0.0363. The van der Waals surface area contributed by atoms with Crippen LogP contribution >= 0.6 is 39.3 Å². The minimum Gasteiger partial charge on any atom is -0.374 e. The van der Waals surface area contributed by atoms with Crippen molar-refractivity contribution in [3.63, 3.8) is 0 Å². The SMILES string of the molecule is O=C(c1cccc(Br)c1Cl)C1CCOC2(CCSC2)C1. The molecule has 0 radical (unpaired) electrons. The van der Waals surface area contributed by atoms with Gasteiger partial charge in [0, 0.05) is 28.3 Å². The molecule has 2 fully saturated rings. The van der Waals surface area contributed by atoms with E-state index in [0.29, 0.717) is 17.2 Å². The first-order valence-electron chi connectivity index (χ1n) is 6.81. The maximum Gasteiger partial charge on any atom is 0.167 e. The monoisotopic (exact) mass is 374 g/mol. The molecule has 0 amide bonds. The third-order valence-corrected chi connectivity index (χ3v) is 6.67. The van der Waals surface area contributed by atoms with Gasteiger partial charge in [0.1, 0.15) is 0 Å². The quantitative estimate of drug-likeness (QED) is 0.707. The molecule has 2 heterocycles. The summed E-state index contributed by atoms with van der Waals surface area (Å²) in [6.07, 6.45) is 2.70. The predicted molar refractivity (Wildman–Crippen MR) is 86.8 cm³/mol. The summed E-state index contributed by atoms with van der Waals surface area (Å²) >= 11 is 11.6. The summed E-state index contributed by atoms with van der Waals surface area (Å²) in [6.45, 7) is 0.683. The van der Waals surface area contributed by atoms with Gasteiger partial charge in [-0.3, -0.25) is 4.79 Å². The third kappa shape index (κ3) is 2.80. The maximum absolute atomic E-state index is 12.7. The zero-order chi connectivity index (χ0) is 14.2. The van der Waals surface area contributed by atoms with Crippen molar-refractivity contribution in [1.29, 1.82) is 0 Å². The van der Waals surface area contributed by atoms with Crippen molar-refractivity contribution < 1.29 is 9.53 Å². The fourth-order valence-electron chi connectivity index (χ4n) is 3.03. The molecule has 1 aromatic carbocycles.